The molecule has 1 saturated heterocycles. The maximum atomic E-state index is 11.8. The standard InChI is InChI=1S/C14H23N3O2S/c1-17(2)13(12-4-6-20-10-12)8-16-14(18)15-7-11-3-5-19-9-11/h4,6,10-11,13H,3,5,7-9H2,1-2H3,(H2,15,16,18)/t11-,13+/m0/s1. The summed E-state index contributed by atoms with van der Waals surface area (Å²) in [5.41, 5.74) is 1.24. The van der Waals surface area contributed by atoms with E-state index in [2.05, 4.69) is 32.4 Å². The highest BCUT2D eigenvalue weighted by molar-refractivity contribution is 7.07. The summed E-state index contributed by atoms with van der Waals surface area (Å²) in [4.78, 5) is 13.9. The van der Waals surface area contributed by atoms with E-state index < -0.39 is 0 Å². The Labute approximate surface area is 124 Å². The lowest BCUT2D eigenvalue weighted by Crippen LogP contribution is -2.42. The highest BCUT2D eigenvalue weighted by Crippen LogP contribution is 2.19. The van der Waals surface area contributed by atoms with Gasteiger partial charge in [-0.05, 0) is 42.9 Å². The molecule has 1 fully saturated rings. The van der Waals surface area contributed by atoms with Crippen molar-refractivity contribution in [2.24, 2.45) is 5.92 Å². The molecule has 1 aromatic heterocycles. The Balaban J connectivity index is 1.73. The number of thiophene rings is 1. The van der Waals surface area contributed by atoms with Crippen LogP contribution in [0.5, 0.6) is 0 Å². The quantitative estimate of drug-likeness (QED) is 0.840. The Bertz CT molecular complexity index is 403. The molecule has 0 aromatic carbocycles. The third kappa shape index (κ3) is 4.47. The van der Waals surface area contributed by atoms with E-state index >= 15 is 0 Å². The molecule has 2 amide bonds. The van der Waals surface area contributed by atoms with Gasteiger partial charge in [0.25, 0.3) is 0 Å². The molecule has 2 rings (SSSR count). The predicted octanol–water partition coefficient (Wildman–Crippen LogP) is 1.69. The van der Waals surface area contributed by atoms with Gasteiger partial charge in [-0.15, -0.1) is 0 Å². The van der Waals surface area contributed by atoms with Crippen LogP contribution in [-0.4, -0.2) is 51.3 Å². The average molecular weight is 297 g/mol. The van der Waals surface area contributed by atoms with Crippen LogP contribution in [0.3, 0.4) is 0 Å². The summed E-state index contributed by atoms with van der Waals surface area (Å²) in [5.74, 6) is 0.460. The van der Waals surface area contributed by atoms with Gasteiger partial charge in [0.05, 0.1) is 12.6 Å². The molecule has 1 aliphatic rings. The van der Waals surface area contributed by atoms with Crippen molar-refractivity contribution in [2.45, 2.75) is 12.5 Å². The van der Waals surface area contributed by atoms with Gasteiger partial charge in [-0.2, -0.15) is 11.3 Å². The fourth-order valence-electron chi connectivity index (χ4n) is 2.30. The number of nitrogens with one attached hydrogen (secondary N) is 2. The summed E-state index contributed by atoms with van der Waals surface area (Å²) in [6.07, 6.45) is 1.04. The molecule has 5 nitrogen and oxygen atoms in total. The van der Waals surface area contributed by atoms with Gasteiger partial charge in [0, 0.05) is 25.6 Å². The number of carbonyl (C=O) groups excluding carboxylic acids is 1. The Hall–Kier alpha value is -1.11. The third-order valence-electron chi connectivity index (χ3n) is 3.58. The topological polar surface area (TPSA) is 53.6 Å². The number of nitrogens with zero attached hydrogens (tertiary/aromatic N) is 1. The van der Waals surface area contributed by atoms with Gasteiger partial charge in [0.2, 0.25) is 0 Å². The van der Waals surface area contributed by atoms with Crippen LogP contribution in [-0.2, 0) is 4.74 Å². The zero-order chi connectivity index (χ0) is 14.4. The Morgan fingerprint density at radius 1 is 1.55 bits per heavy atom. The molecule has 2 atom stereocenters. The second-order valence-electron chi connectivity index (χ2n) is 5.36. The van der Waals surface area contributed by atoms with Crippen molar-refractivity contribution in [3.05, 3.63) is 22.4 Å². The summed E-state index contributed by atoms with van der Waals surface area (Å²) >= 11 is 1.68. The van der Waals surface area contributed by atoms with Crippen molar-refractivity contribution >= 4 is 17.4 Å². The molecule has 1 aliphatic heterocycles. The van der Waals surface area contributed by atoms with Crippen molar-refractivity contribution in [1.82, 2.24) is 15.5 Å². The van der Waals surface area contributed by atoms with Crippen LogP contribution in [0.15, 0.2) is 16.8 Å². The fraction of sp³-hybridized carbons (Fsp3) is 0.643. The van der Waals surface area contributed by atoms with Crippen molar-refractivity contribution in [1.29, 1.82) is 0 Å². The normalized spacial score (nSPS) is 20.1. The number of ether oxygens (including phenoxy) is 1. The molecule has 0 saturated carbocycles. The zero-order valence-corrected chi connectivity index (χ0v) is 12.9. The highest BCUT2D eigenvalue weighted by atomic mass is 32.1. The minimum atomic E-state index is -0.0982. The molecule has 20 heavy (non-hydrogen) atoms. The van der Waals surface area contributed by atoms with Crippen molar-refractivity contribution in [3.63, 3.8) is 0 Å². The average Bonchev–Trinajstić information content (AvgIpc) is 3.09. The first-order valence-corrected chi connectivity index (χ1v) is 7.89. The van der Waals surface area contributed by atoms with Crippen LogP contribution in [0.25, 0.3) is 0 Å². The van der Waals surface area contributed by atoms with E-state index in [1.54, 1.807) is 11.3 Å². The number of rotatable bonds is 6. The molecular formula is C14H23N3O2S. The van der Waals surface area contributed by atoms with Gasteiger partial charge in [-0.1, -0.05) is 0 Å². The van der Waals surface area contributed by atoms with Crippen molar-refractivity contribution in [3.8, 4) is 0 Å². The van der Waals surface area contributed by atoms with Crippen molar-refractivity contribution in [2.75, 3.05) is 40.4 Å². The van der Waals surface area contributed by atoms with E-state index in [1.807, 2.05) is 14.1 Å². The Morgan fingerprint density at radius 2 is 2.40 bits per heavy atom. The van der Waals surface area contributed by atoms with Gasteiger partial charge < -0.3 is 20.3 Å². The summed E-state index contributed by atoms with van der Waals surface area (Å²) in [6, 6.07) is 2.21. The molecule has 112 valence electrons. The Morgan fingerprint density at radius 3 is 3.00 bits per heavy atom. The molecule has 0 bridgehead atoms. The number of likely N-dealkylation sites (N-methyl/N-ethyl adjacent to an activating group) is 1. The van der Waals surface area contributed by atoms with Gasteiger partial charge in [0.1, 0.15) is 0 Å². The summed E-state index contributed by atoms with van der Waals surface area (Å²) < 4.78 is 5.29. The van der Waals surface area contributed by atoms with Crippen LogP contribution >= 0.6 is 11.3 Å². The van der Waals surface area contributed by atoms with E-state index in [1.165, 1.54) is 5.56 Å². The van der Waals surface area contributed by atoms with Crippen LogP contribution in [0.2, 0.25) is 0 Å². The number of hydrogen-bond acceptors (Lipinski definition) is 4. The number of urea groups is 1. The first kappa shape index (κ1) is 15.3. The largest absolute Gasteiger partial charge is 0.381 e. The molecule has 0 aliphatic carbocycles. The molecule has 2 heterocycles. The van der Waals surface area contributed by atoms with Crippen LogP contribution in [0.1, 0.15) is 18.0 Å². The minimum absolute atomic E-state index is 0.0982. The van der Waals surface area contributed by atoms with Crippen molar-refractivity contribution < 1.29 is 9.53 Å². The third-order valence-corrected chi connectivity index (χ3v) is 4.28. The zero-order valence-electron chi connectivity index (χ0n) is 12.1. The van der Waals surface area contributed by atoms with Gasteiger partial charge >= 0.3 is 6.03 Å². The number of hydrogen-bond donors (Lipinski definition) is 2. The summed E-state index contributed by atoms with van der Waals surface area (Å²) in [5, 5.41) is 10.1. The molecular weight excluding hydrogens is 274 g/mol. The van der Waals surface area contributed by atoms with E-state index in [4.69, 9.17) is 4.74 Å². The van der Waals surface area contributed by atoms with E-state index in [-0.39, 0.29) is 12.1 Å². The lowest BCUT2D eigenvalue weighted by atomic mass is 10.1. The van der Waals surface area contributed by atoms with E-state index in [0.717, 1.165) is 19.6 Å². The monoisotopic (exact) mass is 297 g/mol. The first-order chi connectivity index (χ1) is 9.66. The summed E-state index contributed by atoms with van der Waals surface area (Å²) in [7, 11) is 4.05. The molecule has 0 radical (unpaired) electrons. The second kappa shape index (κ2) is 7.61. The molecule has 6 heteroatoms. The van der Waals surface area contributed by atoms with Crippen LogP contribution < -0.4 is 10.6 Å². The Kier molecular flexibility index (Phi) is 5.82. The maximum absolute atomic E-state index is 11.8. The predicted molar refractivity (Wildman–Crippen MR) is 81.1 cm³/mol. The first-order valence-electron chi connectivity index (χ1n) is 6.94. The van der Waals surface area contributed by atoms with Gasteiger partial charge in [-0.3, -0.25) is 0 Å². The molecule has 2 N–H and O–H groups in total. The van der Waals surface area contributed by atoms with E-state index in [0.29, 0.717) is 19.0 Å². The summed E-state index contributed by atoms with van der Waals surface area (Å²) in [6.45, 7) is 2.87. The smallest absolute Gasteiger partial charge is 0.314 e. The number of amides is 2. The van der Waals surface area contributed by atoms with E-state index in [9.17, 15) is 4.79 Å². The van der Waals surface area contributed by atoms with Crippen LogP contribution in [0.4, 0.5) is 4.79 Å². The second-order valence-corrected chi connectivity index (χ2v) is 6.14. The van der Waals surface area contributed by atoms with Crippen LogP contribution in [0, 0.1) is 5.92 Å². The fourth-order valence-corrected chi connectivity index (χ4v) is 3.00. The highest BCUT2D eigenvalue weighted by Gasteiger charge is 2.18. The van der Waals surface area contributed by atoms with Gasteiger partial charge in [-0.25, -0.2) is 4.79 Å². The SMILES string of the molecule is CN(C)[C@H](CNC(=O)NC[C@@H]1CCOC1)c1ccsc1. The minimum Gasteiger partial charge on any atom is -0.381 e. The van der Waals surface area contributed by atoms with Gasteiger partial charge in [0.15, 0.2) is 0 Å². The number of carbonyl (C=O) groups is 1. The lowest BCUT2D eigenvalue weighted by molar-refractivity contribution is 0.185. The molecule has 0 unspecified atom stereocenters. The lowest BCUT2D eigenvalue weighted by Gasteiger charge is -2.24. The molecule has 1 aromatic rings. The maximum Gasteiger partial charge on any atom is 0.314 e. The molecule has 0 spiro atoms.